The molecular weight excluding hydrogens is 216 g/mol. The van der Waals surface area contributed by atoms with E-state index >= 15 is 0 Å². The summed E-state index contributed by atoms with van der Waals surface area (Å²) >= 11 is 5.51. The van der Waals surface area contributed by atoms with Gasteiger partial charge in [-0.25, -0.2) is 4.98 Å². The van der Waals surface area contributed by atoms with Gasteiger partial charge in [0.25, 0.3) is 5.91 Å². The Morgan fingerprint density at radius 3 is 2.87 bits per heavy atom. The fourth-order valence-corrected chi connectivity index (χ4v) is 0.980. The van der Waals surface area contributed by atoms with Crippen molar-refractivity contribution in [2.45, 2.75) is 0 Å². The Bertz CT molecular complexity index is 362. The Balaban J connectivity index is 2.62. The van der Waals surface area contributed by atoms with Crippen LogP contribution in [0.2, 0.25) is 0 Å². The van der Waals surface area contributed by atoms with Crippen molar-refractivity contribution in [1.82, 2.24) is 10.3 Å². The van der Waals surface area contributed by atoms with E-state index in [1.807, 2.05) is 0 Å². The zero-order valence-corrected chi connectivity index (χ0v) is 9.04. The van der Waals surface area contributed by atoms with Gasteiger partial charge in [0.1, 0.15) is 0 Å². The molecular formula is C10H11ClN2O2. The molecule has 0 fully saturated rings. The number of hydrogen-bond donors (Lipinski definition) is 1. The third kappa shape index (κ3) is 3.59. The number of methoxy groups -OCH3 is 1. The first-order valence-electron chi connectivity index (χ1n) is 4.25. The van der Waals surface area contributed by atoms with Gasteiger partial charge in [-0.3, -0.25) is 4.79 Å². The van der Waals surface area contributed by atoms with Crippen LogP contribution in [0, 0.1) is 0 Å². The fourth-order valence-electron chi connectivity index (χ4n) is 0.914. The molecule has 5 heteroatoms. The summed E-state index contributed by atoms with van der Waals surface area (Å²) in [5.74, 6) is 0.222. The molecule has 0 bridgehead atoms. The van der Waals surface area contributed by atoms with Gasteiger partial charge in [-0.15, -0.1) is 0 Å². The maximum atomic E-state index is 11.5. The van der Waals surface area contributed by atoms with Crippen molar-refractivity contribution >= 4 is 17.5 Å². The quantitative estimate of drug-likeness (QED) is 0.848. The first kappa shape index (κ1) is 11.5. The third-order valence-corrected chi connectivity index (χ3v) is 1.78. The van der Waals surface area contributed by atoms with Crippen molar-refractivity contribution in [3.8, 4) is 5.88 Å². The smallest absolute Gasteiger partial charge is 0.253 e. The standard InChI is InChI=1S/C10H11ClN2O2/c1-7(11)5-13-10(14)8-3-4-9(15-2)12-6-8/h3-4,6H,1,5H2,2H3,(H,13,14). The maximum absolute atomic E-state index is 11.5. The van der Waals surface area contributed by atoms with Gasteiger partial charge in [-0.1, -0.05) is 18.2 Å². The monoisotopic (exact) mass is 226 g/mol. The molecule has 1 rings (SSSR count). The molecule has 1 N–H and O–H groups in total. The number of rotatable bonds is 4. The first-order valence-corrected chi connectivity index (χ1v) is 4.63. The van der Waals surface area contributed by atoms with Crippen LogP contribution in [0.15, 0.2) is 29.9 Å². The Morgan fingerprint density at radius 2 is 2.40 bits per heavy atom. The number of carbonyl (C=O) groups excluding carboxylic acids is 1. The second kappa shape index (κ2) is 5.36. The predicted octanol–water partition coefficient (Wildman–Crippen LogP) is 1.57. The fraction of sp³-hybridized carbons (Fsp3) is 0.200. The molecule has 0 saturated carbocycles. The first-order chi connectivity index (χ1) is 7.13. The molecule has 0 atom stereocenters. The Labute approximate surface area is 92.9 Å². The van der Waals surface area contributed by atoms with E-state index in [0.29, 0.717) is 16.5 Å². The van der Waals surface area contributed by atoms with Crippen LogP contribution in [-0.4, -0.2) is 24.5 Å². The predicted molar refractivity (Wildman–Crippen MR) is 58.1 cm³/mol. The average molecular weight is 227 g/mol. The number of amides is 1. The van der Waals surface area contributed by atoms with Crippen LogP contribution in [0.3, 0.4) is 0 Å². The topological polar surface area (TPSA) is 51.2 Å². The number of pyridine rings is 1. The highest BCUT2D eigenvalue weighted by molar-refractivity contribution is 6.29. The molecule has 1 heterocycles. The lowest BCUT2D eigenvalue weighted by Crippen LogP contribution is -2.24. The van der Waals surface area contributed by atoms with Gasteiger partial charge >= 0.3 is 0 Å². The van der Waals surface area contributed by atoms with Crippen LogP contribution in [0.5, 0.6) is 5.88 Å². The minimum atomic E-state index is -0.244. The van der Waals surface area contributed by atoms with Gasteiger partial charge in [-0.2, -0.15) is 0 Å². The van der Waals surface area contributed by atoms with E-state index in [4.69, 9.17) is 16.3 Å². The van der Waals surface area contributed by atoms with Crippen molar-refractivity contribution < 1.29 is 9.53 Å². The molecule has 80 valence electrons. The van der Waals surface area contributed by atoms with Crippen molar-refractivity contribution in [3.63, 3.8) is 0 Å². The molecule has 4 nitrogen and oxygen atoms in total. The SMILES string of the molecule is C=C(Cl)CNC(=O)c1ccc(OC)nc1. The molecule has 1 amide bonds. The molecule has 0 saturated heterocycles. The highest BCUT2D eigenvalue weighted by Crippen LogP contribution is 2.06. The molecule has 0 aliphatic carbocycles. The number of nitrogens with zero attached hydrogens (tertiary/aromatic N) is 1. The summed E-state index contributed by atoms with van der Waals surface area (Å²) in [6.45, 7) is 3.71. The number of nitrogens with one attached hydrogen (secondary N) is 1. The summed E-state index contributed by atoms with van der Waals surface area (Å²) in [5, 5.41) is 2.96. The second-order valence-electron chi connectivity index (χ2n) is 2.79. The Morgan fingerprint density at radius 1 is 1.67 bits per heavy atom. The zero-order chi connectivity index (χ0) is 11.3. The van der Waals surface area contributed by atoms with Crippen molar-refractivity contribution in [2.24, 2.45) is 0 Å². The summed E-state index contributed by atoms with van der Waals surface area (Å²) < 4.78 is 4.87. The lowest BCUT2D eigenvalue weighted by atomic mass is 10.2. The summed E-state index contributed by atoms with van der Waals surface area (Å²) in [4.78, 5) is 15.4. The molecule has 0 aliphatic heterocycles. The zero-order valence-electron chi connectivity index (χ0n) is 8.29. The molecule has 1 aromatic rings. The number of halogens is 1. The summed E-state index contributed by atoms with van der Waals surface area (Å²) in [6.07, 6.45) is 1.44. The molecule has 0 aromatic carbocycles. The highest BCUT2D eigenvalue weighted by atomic mass is 35.5. The van der Waals surface area contributed by atoms with Crippen LogP contribution in [0.1, 0.15) is 10.4 Å². The molecule has 0 spiro atoms. The summed E-state index contributed by atoms with van der Waals surface area (Å²) in [7, 11) is 1.51. The van der Waals surface area contributed by atoms with E-state index in [9.17, 15) is 4.79 Å². The number of hydrogen-bond acceptors (Lipinski definition) is 3. The molecule has 0 unspecified atom stereocenters. The Kier molecular flexibility index (Phi) is 4.12. The lowest BCUT2D eigenvalue weighted by molar-refractivity contribution is 0.0957. The van der Waals surface area contributed by atoms with E-state index in [1.54, 1.807) is 12.1 Å². The minimum absolute atomic E-state index is 0.242. The molecule has 15 heavy (non-hydrogen) atoms. The normalized spacial score (nSPS) is 9.47. The van der Waals surface area contributed by atoms with E-state index in [-0.39, 0.29) is 12.5 Å². The van der Waals surface area contributed by atoms with Crippen molar-refractivity contribution in [2.75, 3.05) is 13.7 Å². The number of ether oxygens (including phenoxy) is 1. The largest absolute Gasteiger partial charge is 0.481 e. The van der Waals surface area contributed by atoms with Gasteiger partial charge in [0, 0.05) is 17.3 Å². The molecule has 1 aromatic heterocycles. The summed E-state index contributed by atoms with van der Waals surface area (Å²) in [5.41, 5.74) is 0.453. The van der Waals surface area contributed by atoms with Gasteiger partial charge in [0.05, 0.1) is 19.2 Å². The number of aromatic nitrogens is 1. The van der Waals surface area contributed by atoms with Crippen LogP contribution >= 0.6 is 11.6 Å². The van der Waals surface area contributed by atoms with Crippen molar-refractivity contribution in [1.29, 1.82) is 0 Å². The van der Waals surface area contributed by atoms with E-state index in [1.165, 1.54) is 13.3 Å². The Hall–Kier alpha value is -1.55. The minimum Gasteiger partial charge on any atom is -0.481 e. The van der Waals surface area contributed by atoms with Crippen LogP contribution in [-0.2, 0) is 0 Å². The molecule has 0 aliphatic rings. The van der Waals surface area contributed by atoms with Crippen molar-refractivity contribution in [3.05, 3.63) is 35.5 Å². The van der Waals surface area contributed by atoms with E-state index in [2.05, 4.69) is 16.9 Å². The van der Waals surface area contributed by atoms with Gasteiger partial charge in [-0.05, 0) is 6.07 Å². The van der Waals surface area contributed by atoms with Crippen LogP contribution < -0.4 is 10.1 Å². The number of carbonyl (C=O) groups is 1. The maximum Gasteiger partial charge on any atom is 0.253 e. The third-order valence-electron chi connectivity index (χ3n) is 1.65. The summed E-state index contributed by atoms with van der Waals surface area (Å²) in [6, 6.07) is 3.24. The molecule has 0 radical (unpaired) electrons. The van der Waals surface area contributed by atoms with E-state index < -0.39 is 0 Å². The van der Waals surface area contributed by atoms with Crippen LogP contribution in [0.25, 0.3) is 0 Å². The van der Waals surface area contributed by atoms with E-state index in [0.717, 1.165) is 0 Å². The van der Waals surface area contributed by atoms with Gasteiger partial charge < -0.3 is 10.1 Å². The second-order valence-corrected chi connectivity index (χ2v) is 3.32. The highest BCUT2D eigenvalue weighted by Gasteiger charge is 2.05. The van der Waals surface area contributed by atoms with Gasteiger partial charge in [0.2, 0.25) is 5.88 Å². The van der Waals surface area contributed by atoms with Gasteiger partial charge in [0.15, 0.2) is 0 Å². The lowest BCUT2D eigenvalue weighted by Gasteiger charge is -2.03. The average Bonchev–Trinajstić information content (AvgIpc) is 2.26. The van der Waals surface area contributed by atoms with Crippen LogP contribution in [0.4, 0.5) is 0 Å².